The van der Waals surface area contributed by atoms with Gasteiger partial charge in [0.25, 0.3) is 0 Å². The average molecular weight is 174 g/mol. The molecule has 0 aliphatic heterocycles. The van der Waals surface area contributed by atoms with Crippen molar-refractivity contribution in [3.8, 4) is 0 Å². The fraction of sp³-hybridized carbons (Fsp3) is 0.778. The summed E-state index contributed by atoms with van der Waals surface area (Å²) in [6.07, 6.45) is 6.68. The molecule has 1 rings (SSSR count). The van der Waals surface area contributed by atoms with E-state index in [0.717, 1.165) is 19.4 Å². The average Bonchev–Trinajstić information content (AvgIpc) is 2.04. The Balaban J connectivity index is 2.12. The van der Waals surface area contributed by atoms with Crippen LogP contribution in [0.1, 0.15) is 25.7 Å². The zero-order valence-electron chi connectivity index (χ0n) is 6.85. The van der Waals surface area contributed by atoms with E-state index in [1.165, 1.54) is 12.8 Å². The monoisotopic (exact) mass is 173 g/mol. The molecule has 11 heavy (non-hydrogen) atoms. The maximum atomic E-state index is 5.97. The zero-order valence-corrected chi connectivity index (χ0v) is 7.61. The summed E-state index contributed by atoms with van der Waals surface area (Å²) in [5, 5.41) is 3.84. The Morgan fingerprint density at radius 2 is 2.00 bits per heavy atom. The number of hydrogen-bond donors (Lipinski definition) is 1. The van der Waals surface area contributed by atoms with Gasteiger partial charge in [-0.2, -0.15) is 0 Å². The van der Waals surface area contributed by atoms with Gasteiger partial charge in [0.15, 0.2) is 0 Å². The molecule has 0 aromatic rings. The second-order valence-corrected chi connectivity index (χ2v) is 3.76. The van der Waals surface area contributed by atoms with Gasteiger partial charge in [-0.25, -0.2) is 0 Å². The standard InChI is InChI=1S/C9H16ClN/c1-2-7-11-9-5-3-8(10)4-6-9/h2,8-9,11H,1,3-7H2. The summed E-state index contributed by atoms with van der Waals surface area (Å²) in [5.41, 5.74) is 0. The number of halogens is 1. The first-order chi connectivity index (χ1) is 5.33. The van der Waals surface area contributed by atoms with Crippen molar-refractivity contribution in [3.63, 3.8) is 0 Å². The first kappa shape index (κ1) is 9.08. The Kier molecular flexibility index (Phi) is 3.95. The van der Waals surface area contributed by atoms with Crippen LogP contribution in [-0.2, 0) is 0 Å². The van der Waals surface area contributed by atoms with Gasteiger partial charge in [-0.3, -0.25) is 0 Å². The number of hydrogen-bond acceptors (Lipinski definition) is 1. The second kappa shape index (κ2) is 4.78. The molecule has 1 aliphatic carbocycles. The van der Waals surface area contributed by atoms with Gasteiger partial charge in [0.05, 0.1) is 0 Å². The Morgan fingerprint density at radius 3 is 2.55 bits per heavy atom. The van der Waals surface area contributed by atoms with E-state index in [4.69, 9.17) is 11.6 Å². The maximum absolute atomic E-state index is 5.97. The summed E-state index contributed by atoms with van der Waals surface area (Å²) in [7, 11) is 0. The molecule has 1 nitrogen and oxygen atoms in total. The maximum Gasteiger partial charge on any atom is 0.0337 e. The van der Waals surface area contributed by atoms with Crippen LogP contribution in [0.15, 0.2) is 12.7 Å². The minimum atomic E-state index is 0.428. The molecule has 0 heterocycles. The second-order valence-electron chi connectivity index (χ2n) is 3.15. The lowest BCUT2D eigenvalue weighted by atomic mass is 9.95. The van der Waals surface area contributed by atoms with E-state index in [9.17, 15) is 0 Å². The molecule has 1 fully saturated rings. The van der Waals surface area contributed by atoms with E-state index >= 15 is 0 Å². The predicted octanol–water partition coefficient (Wildman–Crippen LogP) is 2.31. The van der Waals surface area contributed by atoms with Crippen molar-refractivity contribution in [1.82, 2.24) is 5.32 Å². The van der Waals surface area contributed by atoms with Gasteiger partial charge in [-0.15, -0.1) is 18.2 Å². The fourth-order valence-corrected chi connectivity index (χ4v) is 1.76. The van der Waals surface area contributed by atoms with Crippen LogP contribution in [0.25, 0.3) is 0 Å². The molecule has 0 atom stereocenters. The molecule has 0 bridgehead atoms. The normalized spacial score (nSPS) is 31.7. The summed E-state index contributed by atoms with van der Waals surface area (Å²) >= 11 is 5.97. The minimum Gasteiger partial charge on any atom is -0.311 e. The Labute approximate surface area is 73.8 Å². The summed E-state index contributed by atoms with van der Waals surface area (Å²) in [5.74, 6) is 0. The predicted molar refractivity (Wildman–Crippen MR) is 50.1 cm³/mol. The topological polar surface area (TPSA) is 12.0 Å². The van der Waals surface area contributed by atoms with Crippen LogP contribution in [0.5, 0.6) is 0 Å². The molecule has 1 aliphatic rings. The third-order valence-corrected chi connectivity index (χ3v) is 2.64. The molecule has 0 spiro atoms. The van der Waals surface area contributed by atoms with E-state index < -0.39 is 0 Å². The fourth-order valence-electron chi connectivity index (χ4n) is 1.51. The lowest BCUT2D eigenvalue weighted by Crippen LogP contribution is -2.33. The van der Waals surface area contributed by atoms with Crippen LogP contribution < -0.4 is 5.32 Å². The van der Waals surface area contributed by atoms with Crippen molar-refractivity contribution in [3.05, 3.63) is 12.7 Å². The molecule has 0 radical (unpaired) electrons. The van der Waals surface area contributed by atoms with Crippen LogP contribution in [0, 0.1) is 0 Å². The zero-order chi connectivity index (χ0) is 8.10. The van der Waals surface area contributed by atoms with Gasteiger partial charge < -0.3 is 5.32 Å². The Bertz CT molecular complexity index is 117. The van der Waals surface area contributed by atoms with Crippen molar-refractivity contribution >= 4 is 11.6 Å². The third-order valence-electron chi connectivity index (χ3n) is 2.21. The van der Waals surface area contributed by atoms with Gasteiger partial charge in [0.1, 0.15) is 0 Å². The highest BCUT2D eigenvalue weighted by Crippen LogP contribution is 2.22. The van der Waals surface area contributed by atoms with Crippen molar-refractivity contribution in [2.24, 2.45) is 0 Å². The molecular weight excluding hydrogens is 158 g/mol. The summed E-state index contributed by atoms with van der Waals surface area (Å²) in [4.78, 5) is 0. The molecule has 0 aromatic heterocycles. The van der Waals surface area contributed by atoms with E-state index in [1.54, 1.807) is 0 Å². The summed E-state index contributed by atoms with van der Waals surface area (Å²) in [6, 6.07) is 0.683. The van der Waals surface area contributed by atoms with E-state index in [2.05, 4.69) is 11.9 Å². The lowest BCUT2D eigenvalue weighted by molar-refractivity contribution is 0.389. The molecule has 0 saturated heterocycles. The molecule has 0 unspecified atom stereocenters. The minimum absolute atomic E-state index is 0.428. The van der Waals surface area contributed by atoms with Gasteiger partial charge in [0.2, 0.25) is 0 Å². The highest BCUT2D eigenvalue weighted by molar-refractivity contribution is 6.20. The smallest absolute Gasteiger partial charge is 0.0337 e. The van der Waals surface area contributed by atoms with Gasteiger partial charge >= 0.3 is 0 Å². The Morgan fingerprint density at radius 1 is 1.36 bits per heavy atom. The van der Waals surface area contributed by atoms with Crippen molar-refractivity contribution < 1.29 is 0 Å². The lowest BCUT2D eigenvalue weighted by Gasteiger charge is -2.25. The molecule has 0 aromatic carbocycles. The van der Waals surface area contributed by atoms with E-state index in [1.807, 2.05) is 6.08 Å². The summed E-state index contributed by atoms with van der Waals surface area (Å²) in [6.45, 7) is 4.60. The number of alkyl halides is 1. The molecule has 64 valence electrons. The molecule has 1 N–H and O–H groups in total. The first-order valence-electron chi connectivity index (χ1n) is 4.31. The van der Waals surface area contributed by atoms with Crippen molar-refractivity contribution in [2.75, 3.05) is 6.54 Å². The van der Waals surface area contributed by atoms with E-state index in [-0.39, 0.29) is 0 Å². The number of rotatable bonds is 3. The highest BCUT2D eigenvalue weighted by Gasteiger charge is 2.17. The van der Waals surface area contributed by atoms with Crippen LogP contribution in [0.2, 0.25) is 0 Å². The third kappa shape index (κ3) is 3.26. The SMILES string of the molecule is C=CCNC1CCC(Cl)CC1. The quantitative estimate of drug-likeness (QED) is 0.510. The van der Waals surface area contributed by atoms with Crippen LogP contribution >= 0.6 is 11.6 Å². The number of nitrogens with one attached hydrogen (secondary N) is 1. The van der Waals surface area contributed by atoms with Crippen LogP contribution in [0.3, 0.4) is 0 Å². The molecule has 0 amide bonds. The van der Waals surface area contributed by atoms with Crippen molar-refractivity contribution in [1.29, 1.82) is 0 Å². The van der Waals surface area contributed by atoms with Gasteiger partial charge in [0, 0.05) is 18.0 Å². The van der Waals surface area contributed by atoms with Crippen LogP contribution in [0.4, 0.5) is 0 Å². The van der Waals surface area contributed by atoms with Gasteiger partial charge in [-0.1, -0.05) is 6.08 Å². The summed E-state index contributed by atoms with van der Waals surface area (Å²) < 4.78 is 0. The highest BCUT2D eigenvalue weighted by atomic mass is 35.5. The largest absolute Gasteiger partial charge is 0.311 e. The molecule has 1 saturated carbocycles. The first-order valence-corrected chi connectivity index (χ1v) is 4.75. The molecular formula is C9H16ClN. The van der Waals surface area contributed by atoms with Crippen molar-refractivity contribution in [2.45, 2.75) is 37.1 Å². The molecule has 2 heteroatoms. The van der Waals surface area contributed by atoms with Crippen LogP contribution in [-0.4, -0.2) is 18.0 Å². The Hall–Kier alpha value is -0.0100. The van der Waals surface area contributed by atoms with Gasteiger partial charge in [-0.05, 0) is 25.7 Å². The van der Waals surface area contributed by atoms with E-state index in [0.29, 0.717) is 11.4 Å².